The number of carbonyl (C=O) groups is 2. The molecule has 1 atom stereocenters. The Labute approximate surface area is 164 Å². The van der Waals surface area contributed by atoms with Crippen LogP contribution in [-0.2, 0) is 9.59 Å². The lowest BCUT2D eigenvalue weighted by molar-refractivity contribution is -0.122. The van der Waals surface area contributed by atoms with E-state index in [1.54, 1.807) is 29.2 Å². The summed E-state index contributed by atoms with van der Waals surface area (Å²) in [4.78, 5) is 28.4. The molecule has 1 fully saturated rings. The molecule has 26 heavy (non-hydrogen) atoms. The van der Waals surface area contributed by atoms with Crippen LogP contribution in [0.1, 0.15) is 6.42 Å². The number of hydrogen-bond acceptors (Lipinski definition) is 3. The van der Waals surface area contributed by atoms with E-state index in [0.717, 1.165) is 17.1 Å². The highest BCUT2D eigenvalue weighted by Crippen LogP contribution is 2.27. The Kier molecular flexibility index (Phi) is 6.51. The molecule has 7 heteroatoms. The molecule has 0 saturated carbocycles. The molecule has 1 unspecified atom stereocenters. The molecule has 2 amide bonds. The van der Waals surface area contributed by atoms with Crippen LogP contribution < -0.4 is 15.1 Å². The predicted molar refractivity (Wildman–Crippen MR) is 109 cm³/mol. The van der Waals surface area contributed by atoms with Gasteiger partial charge in [-0.05, 0) is 48.5 Å². The molecule has 0 spiro atoms. The second kappa shape index (κ2) is 8.43. The summed E-state index contributed by atoms with van der Waals surface area (Å²) in [7, 11) is 3.92. The van der Waals surface area contributed by atoms with E-state index in [9.17, 15) is 9.59 Å². The lowest BCUT2D eigenvalue weighted by Gasteiger charge is -2.17. The van der Waals surface area contributed by atoms with Crippen molar-refractivity contribution in [2.45, 2.75) is 6.42 Å². The second-order valence-corrected chi connectivity index (χ2v) is 6.75. The number of nitrogens with one attached hydrogen (secondary N) is 1. The van der Waals surface area contributed by atoms with Crippen molar-refractivity contribution in [2.24, 2.45) is 5.92 Å². The summed E-state index contributed by atoms with van der Waals surface area (Å²) in [5, 5.41) is 3.51. The minimum Gasteiger partial charge on any atom is -0.378 e. The Hall–Kier alpha value is -2.24. The summed E-state index contributed by atoms with van der Waals surface area (Å²) in [5.41, 5.74) is 2.55. The number of benzene rings is 2. The second-order valence-electron chi connectivity index (χ2n) is 6.31. The smallest absolute Gasteiger partial charge is 0.229 e. The maximum absolute atomic E-state index is 12.5. The van der Waals surface area contributed by atoms with Crippen molar-refractivity contribution in [1.29, 1.82) is 0 Å². The van der Waals surface area contributed by atoms with Gasteiger partial charge in [0.05, 0.1) is 5.92 Å². The number of anilines is 3. The van der Waals surface area contributed by atoms with Crippen LogP contribution in [0.25, 0.3) is 0 Å². The van der Waals surface area contributed by atoms with Gasteiger partial charge in [-0.15, -0.1) is 12.4 Å². The number of hydrogen-bond donors (Lipinski definition) is 1. The number of nitrogens with zero attached hydrogens (tertiary/aromatic N) is 2. The third kappa shape index (κ3) is 4.48. The van der Waals surface area contributed by atoms with Gasteiger partial charge in [0.1, 0.15) is 0 Å². The molecule has 1 aliphatic heterocycles. The van der Waals surface area contributed by atoms with Crippen LogP contribution in [0, 0.1) is 5.92 Å². The van der Waals surface area contributed by atoms with E-state index in [2.05, 4.69) is 5.32 Å². The van der Waals surface area contributed by atoms with Crippen LogP contribution >= 0.6 is 24.0 Å². The molecule has 0 radical (unpaired) electrons. The van der Waals surface area contributed by atoms with Gasteiger partial charge in [0.25, 0.3) is 0 Å². The van der Waals surface area contributed by atoms with Gasteiger partial charge in [0.2, 0.25) is 11.8 Å². The van der Waals surface area contributed by atoms with E-state index in [1.807, 2.05) is 43.3 Å². The molecule has 0 bridgehead atoms. The monoisotopic (exact) mass is 393 g/mol. The Balaban J connectivity index is 0.00000243. The normalized spacial score (nSPS) is 16.2. The lowest BCUT2D eigenvalue weighted by atomic mass is 10.1. The zero-order valence-corrected chi connectivity index (χ0v) is 16.2. The van der Waals surface area contributed by atoms with Crippen molar-refractivity contribution in [3.8, 4) is 0 Å². The fraction of sp³-hybridized carbons (Fsp3) is 0.263. The van der Waals surface area contributed by atoms with Gasteiger partial charge in [0.15, 0.2) is 0 Å². The Bertz CT molecular complexity index is 776. The molecule has 1 N–H and O–H groups in total. The van der Waals surface area contributed by atoms with Crippen LogP contribution in [-0.4, -0.2) is 32.5 Å². The zero-order chi connectivity index (χ0) is 18.0. The SMILES string of the molecule is CN(C)c1ccc(NC(=O)C2CC(=O)N(c3ccc(Cl)cc3)C2)cc1.Cl. The van der Waals surface area contributed by atoms with Gasteiger partial charge in [0, 0.05) is 49.1 Å². The maximum atomic E-state index is 12.5. The van der Waals surface area contributed by atoms with Gasteiger partial charge in [-0.2, -0.15) is 0 Å². The molecule has 3 rings (SSSR count). The Morgan fingerprint density at radius 1 is 1.12 bits per heavy atom. The van der Waals surface area contributed by atoms with Gasteiger partial charge < -0.3 is 15.1 Å². The summed E-state index contributed by atoms with van der Waals surface area (Å²) in [5.74, 6) is -0.551. The molecule has 1 aliphatic rings. The molecule has 2 aromatic carbocycles. The van der Waals surface area contributed by atoms with E-state index in [4.69, 9.17) is 11.6 Å². The van der Waals surface area contributed by atoms with Crippen molar-refractivity contribution >= 4 is 52.9 Å². The van der Waals surface area contributed by atoms with Crippen LogP contribution in [0.5, 0.6) is 0 Å². The van der Waals surface area contributed by atoms with Crippen molar-refractivity contribution in [2.75, 3.05) is 35.8 Å². The first kappa shape index (κ1) is 20.1. The number of carbonyl (C=O) groups excluding carboxylic acids is 2. The highest BCUT2D eigenvalue weighted by molar-refractivity contribution is 6.30. The maximum Gasteiger partial charge on any atom is 0.229 e. The minimum absolute atomic E-state index is 0. The molecule has 0 aliphatic carbocycles. The summed E-state index contributed by atoms with van der Waals surface area (Å²) >= 11 is 5.88. The molecule has 1 saturated heterocycles. The van der Waals surface area contributed by atoms with Crippen LogP contribution in [0.2, 0.25) is 5.02 Å². The molecule has 1 heterocycles. The summed E-state index contributed by atoms with van der Waals surface area (Å²) < 4.78 is 0. The van der Waals surface area contributed by atoms with Crippen molar-refractivity contribution in [1.82, 2.24) is 0 Å². The number of rotatable bonds is 4. The average Bonchev–Trinajstić information content (AvgIpc) is 2.98. The highest BCUT2D eigenvalue weighted by atomic mass is 35.5. The summed E-state index contributed by atoms with van der Waals surface area (Å²) in [6.45, 7) is 0.377. The van der Waals surface area contributed by atoms with Gasteiger partial charge in [-0.25, -0.2) is 0 Å². The van der Waals surface area contributed by atoms with E-state index in [-0.39, 0.29) is 36.6 Å². The quantitative estimate of drug-likeness (QED) is 0.858. The first-order valence-corrected chi connectivity index (χ1v) is 8.46. The standard InChI is InChI=1S/C19H20ClN3O2.ClH/c1-22(2)16-9-5-15(6-10-16)21-19(25)13-11-18(24)23(12-13)17-7-3-14(20)4-8-17;/h3-10,13H,11-12H2,1-2H3,(H,21,25);1H. The van der Waals surface area contributed by atoms with E-state index in [1.165, 1.54) is 0 Å². The van der Waals surface area contributed by atoms with E-state index < -0.39 is 0 Å². The average molecular weight is 394 g/mol. The van der Waals surface area contributed by atoms with Gasteiger partial charge in [-0.1, -0.05) is 11.6 Å². The molecule has 2 aromatic rings. The number of halogens is 2. The van der Waals surface area contributed by atoms with Gasteiger partial charge in [-0.3, -0.25) is 9.59 Å². The van der Waals surface area contributed by atoms with E-state index in [0.29, 0.717) is 11.6 Å². The molecule has 0 aromatic heterocycles. The molecule has 5 nitrogen and oxygen atoms in total. The topological polar surface area (TPSA) is 52.7 Å². The fourth-order valence-corrected chi connectivity index (χ4v) is 2.97. The Morgan fingerprint density at radius 3 is 2.31 bits per heavy atom. The van der Waals surface area contributed by atoms with Crippen LogP contribution in [0.3, 0.4) is 0 Å². The van der Waals surface area contributed by atoms with Crippen molar-refractivity contribution < 1.29 is 9.59 Å². The first-order valence-electron chi connectivity index (χ1n) is 8.08. The van der Waals surface area contributed by atoms with Crippen LogP contribution in [0.4, 0.5) is 17.1 Å². The van der Waals surface area contributed by atoms with Crippen LogP contribution in [0.15, 0.2) is 48.5 Å². The van der Waals surface area contributed by atoms with Gasteiger partial charge >= 0.3 is 0 Å². The lowest BCUT2D eigenvalue weighted by Crippen LogP contribution is -2.28. The molecular formula is C19H21Cl2N3O2. The first-order chi connectivity index (χ1) is 11.9. The van der Waals surface area contributed by atoms with Crippen molar-refractivity contribution in [3.63, 3.8) is 0 Å². The summed E-state index contributed by atoms with van der Waals surface area (Å²) in [6, 6.07) is 14.7. The minimum atomic E-state index is -0.364. The molecule has 138 valence electrons. The highest BCUT2D eigenvalue weighted by Gasteiger charge is 2.35. The Morgan fingerprint density at radius 2 is 1.73 bits per heavy atom. The third-order valence-electron chi connectivity index (χ3n) is 4.29. The number of amides is 2. The third-order valence-corrected chi connectivity index (χ3v) is 4.54. The summed E-state index contributed by atoms with van der Waals surface area (Å²) in [6.07, 6.45) is 0.213. The zero-order valence-electron chi connectivity index (χ0n) is 14.6. The van der Waals surface area contributed by atoms with Crippen molar-refractivity contribution in [3.05, 3.63) is 53.6 Å². The molecular weight excluding hydrogens is 373 g/mol. The largest absolute Gasteiger partial charge is 0.378 e. The fourth-order valence-electron chi connectivity index (χ4n) is 2.84. The predicted octanol–water partition coefficient (Wildman–Crippen LogP) is 3.82. The van der Waals surface area contributed by atoms with E-state index >= 15 is 0 Å².